The van der Waals surface area contributed by atoms with E-state index in [-0.39, 0.29) is 5.70 Å². The third kappa shape index (κ3) is 5.86. The van der Waals surface area contributed by atoms with Crippen LogP contribution in [-0.2, 0) is 14.4 Å². The van der Waals surface area contributed by atoms with Crippen LogP contribution in [0.2, 0.25) is 0 Å². The fourth-order valence-corrected chi connectivity index (χ4v) is 7.04. The molecule has 0 spiro atoms. The Morgan fingerprint density at radius 2 is 2.00 bits per heavy atom. The number of aromatic nitrogens is 2. The zero-order valence-corrected chi connectivity index (χ0v) is 21.7. The second kappa shape index (κ2) is 11.2. The van der Waals surface area contributed by atoms with Crippen LogP contribution in [0.15, 0.2) is 50.9 Å². The van der Waals surface area contributed by atoms with Crippen LogP contribution in [0.5, 0.6) is 0 Å². The van der Waals surface area contributed by atoms with Gasteiger partial charge in [0.15, 0.2) is 10.3 Å². The Kier molecular flexibility index (Phi) is 7.99. The Morgan fingerprint density at radius 3 is 2.62 bits per heavy atom. The number of carboxylic acids is 1. The monoisotopic (exact) mass is 562 g/mol. The largest absolute Gasteiger partial charge is 0.477 e. The molecule has 7 N–H and O–H groups in total. The van der Waals surface area contributed by atoms with E-state index in [4.69, 9.17) is 11.5 Å². The Hall–Kier alpha value is -3.63. The molecule has 1 fully saturated rings. The molecular weight excluding hydrogens is 540 g/mol. The lowest BCUT2D eigenvalue weighted by molar-refractivity contribution is -0.150. The smallest absolute Gasteiger partial charge is 0.352 e. The van der Waals surface area contributed by atoms with Crippen molar-refractivity contribution in [2.24, 2.45) is 16.5 Å². The van der Waals surface area contributed by atoms with E-state index >= 15 is 0 Å². The number of carbonyl (C=O) groups is 4. The molecule has 4 amide bonds. The van der Waals surface area contributed by atoms with Crippen molar-refractivity contribution in [3.63, 3.8) is 0 Å². The molecular formula is C21H22N8O5S3. The summed E-state index contributed by atoms with van der Waals surface area (Å²) in [7, 11) is 0. The highest BCUT2D eigenvalue weighted by atomic mass is 32.2. The Morgan fingerprint density at radius 1 is 1.27 bits per heavy atom. The van der Waals surface area contributed by atoms with Gasteiger partial charge in [-0.2, -0.15) is 4.99 Å². The molecule has 2 aliphatic rings. The van der Waals surface area contributed by atoms with Gasteiger partial charge in [-0.05, 0) is 18.1 Å². The number of carboxylic acid groups (broad SMARTS) is 1. The Labute approximate surface area is 223 Å². The molecule has 16 heteroatoms. The quantitative estimate of drug-likeness (QED) is 0.129. The van der Waals surface area contributed by atoms with E-state index in [0.29, 0.717) is 27.0 Å². The first-order valence-electron chi connectivity index (χ1n) is 10.7. The predicted octanol–water partition coefficient (Wildman–Crippen LogP) is 0.402. The van der Waals surface area contributed by atoms with Gasteiger partial charge in [0.25, 0.3) is 5.91 Å². The van der Waals surface area contributed by atoms with Gasteiger partial charge in [0.1, 0.15) is 28.2 Å². The molecule has 3 heterocycles. The first kappa shape index (κ1) is 26.4. The van der Waals surface area contributed by atoms with E-state index in [2.05, 4.69) is 25.8 Å². The van der Waals surface area contributed by atoms with Crippen molar-refractivity contribution in [2.45, 2.75) is 28.7 Å². The minimum atomic E-state index is -1.22. The highest BCUT2D eigenvalue weighted by Gasteiger charge is 2.54. The summed E-state index contributed by atoms with van der Waals surface area (Å²) in [5.41, 5.74) is 11.4. The molecule has 37 heavy (non-hydrogen) atoms. The van der Waals surface area contributed by atoms with Crippen LogP contribution in [0.25, 0.3) is 0 Å². The molecule has 0 bridgehead atoms. The summed E-state index contributed by atoms with van der Waals surface area (Å²) in [4.78, 5) is 55.0. The number of aliphatic carboxylic acids is 1. The molecule has 2 aromatic rings. The normalized spacial score (nSPS) is 19.4. The van der Waals surface area contributed by atoms with Crippen LogP contribution in [0.1, 0.15) is 16.6 Å². The molecule has 1 aromatic carbocycles. The van der Waals surface area contributed by atoms with E-state index < -0.39 is 47.2 Å². The third-order valence-electron chi connectivity index (χ3n) is 5.32. The second-order valence-corrected chi connectivity index (χ2v) is 11.4. The summed E-state index contributed by atoms with van der Waals surface area (Å²) in [5, 5.41) is 23.1. The lowest BCUT2D eigenvalue weighted by Crippen LogP contribution is -2.71. The van der Waals surface area contributed by atoms with Crippen LogP contribution in [0.3, 0.4) is 0 Å². The second-order valence-electron chi connectivity index (χ2n) is 7.86. The number of aryl methyl sites for hydroxylation is 1. The molecule has 3 atom stereocenters. The molecule has 194 valence electrons. The topological polar surface area (TPSA) is 206 Å². The van der Waals surface area contributed by atoms with Crippen molar-refractivity contribution < 1.29 is 24.3 Å². The number of hydrogen-bond donors (Lipinski definition) is 5. The van der Waals surface area contributed by atoms with Crippen molar-refractivity contribution in [3.8, 4) is 0 Å². The van der Waals surface area contributed by atoms with Crippen LogP contribution in [0, 0.1) is 6.92 Å². The number of thioether (sulfide) groups is 2. The van der Waals surface area contributed by atoms with Gasteiger partial charge in [0.2, 0.25) is 5.91 Å². The predicted molar refractivity (Wildman–Crippen MR) is 139 cm³/mol. The Balaban J connectivity index is 1.49. The van der Waals surface area contributed by atoms with Crippen LogP contribution < -0.4 is 22.1 Å². The molecule has 4 rings (SSSR count). The van der Waals surface area contributed by atoms with Crippen LogP contribution in [-0.4, -0.2) is 72.9 Å². The molecule has 0 saturated carbocycles. The average molecular weight is 563 g/mol. The lowest BCUT2D eigenvalue weighted by Gasteiger charge is -2.49. The molecule has 0 aliphatic carbocycles. The SMILES string of the molecule is Cc1nnc(SCC2=C(C(=O)O)N3C(=O)C(NC(=O)C(NC(=O)N=C(N)N)c4ccccc4)[C@@H]3SC2)s1. The fraction of sp³-hybridized carbons (Fsp3) is 0.286. The summed E-state index contributed by atoms with van der Waals surface area (Å²) in [5.74, 6) is -2.23. The number of carbonyl (C=O) groups excluding carboxylic acids is 3. The van der Waals surface area contributed by atoms with Crippen molar-refractivity contribution in [1.82, 2.24) is 25.7 Å². The molecule has 0 radical (unpaired) electrons. The van der Waals surface area contributed by atoms with E-state index in [9.17, 15) is 24.3 Å². The van der Waals surface area contributed by atoms with Gasteiger partial charge in [-0.1, -0.05) is 53.4 Å². The molecule has 1 aromatic heterocycles. The van der Waals surface area contributed by atoms with E-state index in [1.165, 1.54) is 39.8 Å². The molecule has 2 unspecified atom stereocenters. The molecule has 13 nitrogen and oxygen atoms in total. The van der Waals surface area contributed by atoms with Crippen molar-refractivity contribution in [2.75, 3.05) is 11.5 Å². The van der Waals surface area contributed by atoms with Crippen molar-refractivity contribution in [3.05, 3.63) is 52.2 Å². The highest BCUT2D eigenvalue weighted by Crippen LogP contribution is 2.42. The maximum absolute atomic E-state index is 13.2. The standard InChI is InChI=1S/C21H22N8O5S3/c1-9-27-28-21(37-9)36-8-11-7-35-17-13(16(31)29(17)14(11)18(32)33)24-15(30)12(10-5-3-2-4-6-10)25-20(34)26-19(22)23/h2-6,12-13,17H,7-8H2,1H3,(H,24,30)(H,32,33)(H5,22,23,25,26,34)/t12?,13?,17-/m0/s1. The number of nitrogens with two attached hydrogens (primary N) is 2. The first-order chi connectivity index (χ1) is 17.7. The summed E-state index contributed by atoms with van der Waals surface area (Å²) in [6, 6.07) is 5.26. The van der Waals surface area contributed by atoms with Crippen molar-refractivity contribution in [1.29, 1.82) is 0 Å². The highest BCUT2D eigenvalue weighted by molar-refractivity contribution is 8.01. The third-order valence-corrected chi connectivity index (χ3v) is 8.72. The Bertz CT molecular complexity index is 1290. The summed E-state index contributed by atoms with van der Waals surface area (Å²) in [6.45, 7) is 1.83. The summed E-state index contributed by atoms with van der Waals surface area (Å²) < 4.78 is 0.705. The number of guanidine groups is 1. The van der Waals surface area contributed by atoms with Gasteiger partial charge in [0.05, 0.1) is 0 Å². The summed E-state index contributed by atoms with van der Waals surface area (Å²) >= 11 is 4.10. The van der Waals surface area contributed by atoms with E-state index in [1.807, 2.05) is 6.92 Å². The minimum Gasteiger partial charge on any atom is -0.477 e. The number of nitrogens with one attached hydrogen (secondary N) is 2. The molecule has 1 saturated heterocycles. The van der Waals surface area contributed by atoms with Crippen molar-refractivity contribution >= 4 is 64.6 Å². The van der Waals surface area contributed by atoms with Gasteiger partial charge < -0.3 is 27.2 Å². The van der Waals surface area contributed by atoms with E-state index in [0.717, 1.165) is 5.01 Å². The van der Waals surface area contributed by atoms with Gasteiger partial charge in [-0.15, -0.1) is 22.0 Å². The number of rotatable bonds is 8. The maximum Gasteiger partial charge on any atom is 0.352 e. The number of nitrogens with zero attached hydrogens (tertiary/aromatic N) is 4. The van der Waals surface area contributed by atoms with Crippen LogP contribution >= 0.6 is 34.9 Å². The number of fused-ring (bicyclic) bond motifs is 1. The average Bonchev–Trinajstić information content (AvgIpc) is 3.28. The number of urea groups is 1. The van der Waals surface area contributed by atoms with E-state index in [1.54, 1.807) is 30.3 Å². The number of β-lactam (4-membered cyclic amide) rings is 1. The maximum atomic E-state index is 13.2. The number of aliphatic imine (C=N–C) groups is 1. The van der Waals surface area contributed by atoms with Gasteiger partial charge >= 0.3 is 12.0 Å². The van der Waals surface area contributed by atoms with Gasteiger partial charge in [-0.25, -0.2) is 9.59 Å². The number of amides is 4. The van der Waals surface area contributed by atoms with Crippen LogP contribution in [0.4, 0.5) is 4.79 Å². The summed E-state index contributed by atoms with van der Waals surface area (Å²) in [6.07, 6.45) is 0. The van der Waals surface area contributed by atoms with Gasteiger partial charge in [0, 0.05) is 11.5 Å². The van der Waals surface area contributed by atoms with Gasteiger partial charge in [-0.3, -0.25) is 14.5 Å². The zero-order chi connectivity index (χ0) is 26.7. The molecule has 2 aliphatic heterocycles. The minimum absolute atomic E-state index is 0.0892. The number of hydrogen-bond acceptors (Lipinski definition) is 9. The fourth-order valence-electron chi connectivity index (χ4n) is 3.74. The first-order valence-corrected chi connectivity index (χ1v) is 13.6. The zero-order valence-electron chi connectivity index (χ0n) is 19.3. The lowest BCUT2D eigenvalue weighted by atomic mass is 10.0. The number of benzene rings is 1.